The number of piperidine rings is 1. The molecule has 2 heterocycles. The molecule has 0 aliphatic carbocycles. The van der Waals surface area contributed by atoms with E-state index in [-0.39, 0.29) is 12.3 Å². The minimum absolute atomic E-state index is 0.0998. The number of aryl methyl sites for hydroxylation is 3. The molecule has 0 radical (unpaired) electrons. The Morgan fingerprint density at radius 3 is 2.29 bits per heavy atom. The van der Waals surface area contributed by atoms with E-state index in [1.165, 1.54) is 22.3 Å². The second kappa shape index (κ2) is 12.0. The summed E-state index contributed by atoms with van der Waals surface area (Å²) in [6, 6.07) is 4.43. The summed E-state index contributed by atoms with van der Waals surface area (Å²) >= 11 is 0. The van der Waals surface area contributed by atoms with E-state index in [4.69, 9.17) is 4.99 Å². The molecule has 1 atom stereocenters. The van der Waals surface area contributed by atoms with Crippen LogP contribution < -0.4 is 5.32 Å². The van der Waals surface area contributed by atoms with Crippen LogP contribution in [0, 0.1) is 13.8 Å². The molecule has 1 aromatic rings. The van der Waals surface area contributed by atoms with Crippen LogP contribution in [0.25, 0.3) is 0 Å². The van der Waals surface area contributed by atoms with E-state index in [2.05, 4.69) is 38.2 Å². The molecule has 5 nitrogen and oxygen atoms in total. The Labute approximate surface area is 209 Å². The number of amidine groups is 1. The third-order valence-corrected chi connectivity index (χ3v) is 8.68. The second-order valence-electron chi connectivity index (χ2n) is 9.84. The lowest BCUT2D eigenvalue weighted by molar-refractivity contribution is -0.135. The summed E-state index contributed by atoms with van der Waals surface area (Å²) in [5.41, 5.74) is 4.31. The van der Waals surface area contributed by atoms with Crippen LogP contribution in [-0.4, -0.2) is 50.8 Å². The van der Waals surface area contributed by atoms with Crippen molar-refractivity contribution in [2.24, 2.45) is 4.99 Å². The number of amides is 1. The second-order valence-corrected chi connectivity index (χ2v) is 11.4. The topological polar surface area (TPSA) is 61.8 Å². The molecule has 0 aromatic heterocycles. The van der Waals surface area contributed by atoms with Crippen molar-refractivity contribution in [1.82, 2.24) is 9.62 Å². The maximum atomic E-state index is 13.0. The highest BCUT2D eigenvalue weighted by Gasteiger charge is 2.46. The van der Waals surface area contributed by atoms with E-state index < -0.39 is 29.1 Å². The lowest BCUT2D eigenvalue weighted by Gasteiger charge is -2.34. The summed E-state index contributed by atoms with van der Waals surface area (Å²) in [4.78, 5) is 17.4. The monoisotopic (exact) mass is 513 g/mol. The number of halogens is 3. The van der Waals surface area contributed by atoms with Crippen molar-refractivity contribution in [3.8, 4) is 0 Å². The molecule has 1 saturated heterocycles. The minimum atomic E-state index is -4.09. The van der Waals surface area contributed by atoms with Gasteiger partial charge >= 0.3 is 6.18 Å². The van der Waals surface area contributed by atoms with Crippen LogP contribution in [0.15, 0.2) is 17.1 Å². The molecule has 1 N–H and O–H groups in total. The van der Waals surface area contributed by atoms with E-state index in [1.807, 2.05) is 4.31 Å². The highest BCUT2D eigenvalue weighted by atomic mass is 32.2. The first kappa shape index (κ1) is 27.8. The molecular formula is C26H38F3N3O2S. The predicted octanol–water partition coefficient (Wildman–Crippen LogP) is 5.34. The van der Waals surface area contributed by atoms with Gasteiger partial charge in [-0.05, 0) is 74.6 Å². The molecule has 3 rings (SSSR count). The highest BCUT2D eigenvalue weighted by molar-refractivity contribution is 7.82. The first-order chi connectivity index (χ1) is 16.5. The van der Waals surface area contributed by atoms with Gasteiger partial charge in [0.15, 0.2) is 0 Å². The summed E-state index contributed by atoms with van der Waals surface area (Å²) in [7, 11) is -1.11. The summed E-state index contributed by atoms with van der Waals surface area (Å²) in [6.07, 6.45) is 0.632. The Bertz CT molecular complexity index is 931. The number of rotatable bonds is 11. The van der Waals surface area contributed by atoms with Gasteiger partial charge in [0, 0.05) is 31.7 Å². The third-order valence-electron chi connectivity index (χ3n) is 7.18. The van der Waals surface area contributed by atoms with Gasteiger partial charge in [0.05, 0.1) is 11.0 Å². The van der Waals surface area contributed by atoms with Crippen LogP contribution in [0.2, 0.25) is 0 Å². The Morgan fingerprint density at radius 2 is 1.69 bits per heavy atom. The van der Waals surface area contributed by atoms with Crippen LogP contribution in [0.3, 0.4) is 0 Å². The molecule has 1 aromatic carbocycles. The van der Waals surface area contributed by atoms with Gasteiger partial charge < -0.3 is 5.32 Å². The molecule has 196 valence electrons. The van der Waals surface area contributed by atoms with Gasteiger partial charge in [0.1, 0.15) is 11.4 Å². The van der Waals surface area contributed by atoms with Gasteiger partial charge in [0.25, 0.3) is 5.91 Å². The molecule has 1 amide bonds. The summed E-state index contributed by atoms with van der Waals surface area (Å²) in [5.74, 6) is 1.11. The van der Waals surface area contributed by atoms with Gasteiger partial charge in [-0.1, -0.05) is 31.9 Å². The molecule has 9 heteroatoms. The fourth-order valence-corrected chi connectivity index (χ4v) is 6.30. The number of aliphatic imine (C=N–C) groups is 1. The molecule has 35 heavy (non-hydrogen) atoms. The number of carbonyl (C=O) groups excluding carboxylic acids is 1. The van der Waals surface area contributed by atoms with Gasteiger partial charge in [-0.2, -0.15) is 13.2 Å². The van der Waals surface area contributed by atoms with Crippen LogP contribution >= 0.6 is 0 Å². The summed E-state index contributed by atoms with van der Waals surface area (Å²) in [5, 5.41) is 2.88. The Hall–Kier alpha value is -1.74. The zero-order valence-corrected chi connectivity index (χ0v) is 21.9. The largest absolute Gasteiger partial charge is 0.389 e. The van der Waals surface area contributed by atoms with Crippen molar-refractivity contribution in [2.75, 3.05) is 18.8 Å². The van der Waals surface area contributed by atoms with Crippen LogP contribution in [0.4, 0.5) is 13.2 Å². The Kier molecular flexibility index (Phi) is 9.54. The first-order valence-corrected chi connectivity index (χ1v) is 14.0. The maximum absolute atomic E-state index is 13.0. The van der Waals surface area contributed by atoms with Crippen molar-refractivity contribution in [2.45, 2.75) is 96.7 Å². The number of nitrogens with one attached hydrogen (secondary N) is 1. The number of unbranched alkanes of at least 4 members (excludes halogenated alkanes) is 3. The van der Waals surface area contributed by atoms with E-state index in [0.29, 0.717) is 63.2 Å². The Balaban J connectivity index is 1.44. The van der Waals surface area contributed by atoms with Crippen LogP contribution in [-0.2, 0) is 28.6 Å². The number of alkyl halides is 3. The standard InChI is InChI=1S/C26H38F3N3O2S/c1-4-21-17-19(2)22(20(3)18-21)10-16-35(34)32-14-12-25(13-15-32)24(33)30-23(31-25)9-7-5-6-8-11-26(27,28)29/h17-18H,4-16H2,1-3H3,(H,30,31,33). The van der Waals surface area contributed by atoms with Gasteiger partial charge in [-0.3, -0.25) is 9.79 Å². The quantitative estimate of drug-likeness (QED) is 0.406. The molecule has 0 saturated carbocycles. The number of hydrogen-bond acceptors (Lipinski definition) is 3. The van der Waals surface area contributed by atoms with E-state index in [9.17, 15) is 22.2 Å². The van der Waals surface area contributed by atoms with E-state index in [0.717, 1.165) is 12.8 Å². The summed E-state index contributed by atoms with van der Waals surface area (Å²) in [6.45, 7) is 7.49. The van der Waals surface area contributed by atoms with Gasteiger partial charge in [0.2, 0.25) is 0 Å². The SMILES string of the molecule is CCc1cc(C)c(CCS(=O)N2CCC3(CC2)N=C(CCCCCCC(F)(F)F)NC3=O)c(C)c1. The molecule has 2 aliphatic rings. The average Bonchev–Trinajstić information content (AvgIpc) is 3.09. The fraction of sp³-hybridized carbons (Fsp3) is 0.692. The van der Waals surface area contributed by atoms with Crippen molar-refractivity contribution in [3.63, 3.8) is 0 Å². The fourth-order valence-electron chi connectivity index (χ4n) is 5.07. The summed E-state index contributed by atoms with van der Waals surface area (Å²) < 4.78 is 51.6. The van der Waals surface area contributed by atoms with E-state index >= 15 is 0 Å². The zero-order chi connectivity index (χ0) is 25.6. The number of benzene rings is 1. The normalized spacial score (nSPS) is 19.1. The molecule has 1 spiro atoms. The van der Waals surface area contributed by atoms with Crippen molar-refractivity contribution < 1.29 is 22.2 Å². The maximum Gasteiger partial charge on any atom is 0.389 e. The molecule has 1 unspecified atom stereocenters. The van der Waals surface area contributed by atoms with Gasteiger partial charge in [-0.25, -0.2) is 8.51 Å². The highest BCUT2D eigenvalue weighted by Crippen LogP contribution is 2.31. The van der Waals surface area contributed by atoms with Crippen LogP contribution in [0.1, 0.15) is 80.5 Å². The predicted molar refractivity (Wildman–Crippen MR) is 135 cm³/mol. The zero-order valence-electron chi connectivity index (χ0n) is 21.1. The molecule has 1 fully saturated rings. The van der Waals surface area contributed by atoms with E-state index in [1.54, 1.807) is 0 Å². The molecule has 2 aliphatic heterocycles. The van der Waals surface area contributed by atoms with Gasteiger partial charge in [-0.15, -0.1) is 0 Å². The van der Waals surface area contributed by atoms with Crippen molar-refractivity contribution >= 4 is 22.7 Å². The van der Waals surface area contributed by atoms with Crippen molar-refractivity contribution in [1.29, 1.82) is 0 Å². The first-order valence-electron chi connectivity index (χ1n) is 12.7. The minimum Gasteiger partial charge on any atom is -0.312 e. The lowest BCUT2D eigenvalue weighted by Crippen LogP contribution is -2.49. The molecular weight excluding hydrogens is 475 g/mol. The number of hydrogen-bond donors (Lipinski definition) is 1. The smallest absolute Gasteiger partial charge is 0.312 e. The Morgan fingerprint density at radius 1 is 1.06 bits per heavy atom. The average molecular weight is 514 g/mol. The third kappa shape index (κ3) is 7.62. The van der Waals surface area contributed by atoms with Crippen LogP contribution in [0.5, 0.6) is 0 Å². The lowest BCUT2D eigenvalue weighted by atomic mass is 9.89. The number of carbonyl (C=O) groups is 1. The molecule has 0 bridgehead atoms. The number of nitrogens with zero attached hydrogens (tertiary/aromatic N) is 2. The van der Waals surface area contributed by atoms with Crippen molar-refractivity contribution in [3.05, 3.63) is 34.4 Å².